The molecule has 0 radical (unpaired) electrons. The Bertz CT molecular complexity index is 322. The Morgan fingerprint density at radius 2 is 1.86 bits per heavy atom. The van der Waals surface area contributed by atoms with Crippen molar-refractivity contribution in [3.8, 4) is 0 Å². The predicted molar refractivity (Wildman–Crippen MR) is 44.1 cm³/mol. The van der Waals surface area contributed by atoms with E-state index in [1.165, 1.54) is 7.05 Å². The number of hydrogen-bond acceptors (Lipinski definition) is 2. The van der Waals surface area contributed by atoms with Crippen LogP contribution in [0.15, 0.2) is 18.2 Å². The monoisotopic (exact) mass is 208 g/mol. The smallest absolute Gasteiger partial charge is 0.319 e. The maximum Gasteiger partial charge on any atom is 0.416 e. The molecule has 2 nitrogen and oxygen atoms in total. The lowest BCUT2D eigenvalue weighted by Crippen LogP contribution is -2.17. The Labute approximate surface area is 77.9 Å². The fraction of sp³-hybridized carbons (Fsp3) is 0.250. The number of hydrazine groups is 1. The molecule has 0 unspecified atom stereocenters. The van der Waals surface area contributed by atoms with Gasteiger partial charge in [0.05, 0.1) is 11.3 Å². The number of halogens is 4. The third-order valence-electron chi connectivity index (χ3n) is 1.55. The minimum Gasteiger partial charge on any atom is -0.319 e. The van der Waals surface area contributed by atoms with Gasteiger partial charge in [-0.1, -0.05) is 0 Å². The first-order valence-corrected chi connectivity index (χ1v) is 3.74. The van der Waals surface area contributed by atoms with Crippen LogP contribution in [0.5, 0.6) is 0 Å². The number of benzene rings is 1. The summed E-state index contributed by atoms with van der Waals surface area (Å²) in [6, 6.07) is 2.16. The van der Waals surface area contributed by atoms with E-state index in [1.807, 2.05) is 0 Å². The van der Waals surface area contributed by atoms with Crippen molar-refractivity contribution in [3.63, 3.8) is 0 Å². The highest BCUT2D eigenvalue weighted by Crippen LogP contribution is 2.31. The van der Waals surface area contributed by atoms with E-state index in [9.17, 15) is 17.6 Å². The summed E-state index contributed by atoms with van der Waals surface area (Å²) in [5.41, 5.74) is 3.48. The first-order valence-electron chi connectivity index (χ1n) is 3.74. The molecule has 0 fully saturated rings. The molecule has 0 bridgehead atoms. The van der Waals surface area contributed by atoms with Gasteiger partial charge in [0.25, 0.3) is 0 Å². The van der Waals surface area contributed by atoms with E-state index in [-0.39, 0.29) is 5.69 Å². The molecule has 2 N–H and O–H groups in total. The van der Waals surface area contributed by atoms with E-state index in [4.69, 9.17) is 0 Å². The second kappa shape index (κ2) is 3.83. The van der Waals surface area contributed by atoms with Gasteiger partial charge in [-0.05, 0) is 18.2 Å². The van der Waals surface area contributed by atoms with Crippen LogP contribution < -0.4 is 10.9 Å². The summed E-state index contributed by atoms with van der Waals surface area (Å²) in [7, 11) is 1.43. The lowest BCUT2D eigenvalue weighted by Gasteiger charge is -2.10. The van der Waals surface area contributed by atoms with Gasteiger partial charge in [-0.25, -0.2) is 9.82 Å². The van der Waals surface area contributed by atoms with Crippen molar-refractivity contribution < 1.29 is 17.6 Å². The van der Waals surface area contributed by atoms with Crippen LogP contribution in [0, 0.1) is 5.82 Å². The molecule has 0 aromatic heterocycles. The molecular formula is C8H8F4N2. The Kier molecular flexibility index (Phi) is 2.95. The van der Waals surface area contributed by atoms with E-state index >= 15 is 0 Å². The van der Waals surface area contributed by atoms with E-state index in [0.717, 1.165) is 6.07 Å². The second-order valence-corrected chi connectivity index (χ2v) is 2.57. The van der Waals surface area contributed by atoms with Crippen molar-refractivity contribution in [1.29, 1.82) is 0 Å². The van der Waals surface area contributed by atoms with Crippen LogP contribution in [0.4, 0.5) is 23.2 Å². The van der Waals surface area contributed by atoms with Gasteiger partial charge in [-0.15, -0.1) is 0 Å². The summed E-state index contributed by atoms with van der Waals surface area (Å²) in [6.07, 6.45) is -4.46. The molecule has 0 aliphatic carbocycles. The van der Waals surface area contributed by atoms with Gasteiger partial charge in [-0.2, -0.15) is 13.2 Å². The summed E-state index contributed by atoms with van der Waals surface area (Å²) in [5, 5.41) is 0. The number of rotatable bonds is 2. The zero-order valence-corrected chi connectivity index (χ0v) is 7.24. The number of anilines is 1. The van der Waals surface area contributed by atoms with Crippen LogP contribution in [-0.4, -0.2) is 7.05 Å². The lowest BCUT2D eigenvalue weighted by atomic mass is 10.2. The Balaban J connectivity index is 3.06. The third-order valence-corrected chi connectivity index (χ3v) is 1.55. The molecule has 0 aliphatic heterocycles. The maximum absolute atomic E-state index is 12.9. The summed E-state index contributed by atoms with van der Waals surface area (Å²) in [4.78, 5) is 0. The SMILES string of the molecule is CNNc1cc(C(F)(F)F)ccc1F. The summed E-state index contributed by atoms with van der Waals surface area (Å²) in [5.74, 6) is -0.743. The molecule has 0 saturated heterocycles. The van der Waals surface area contributed by atoms with Gasteiger partial charge in [0.1, 0.15) is 5.82 Å². The molecule has 0 amide bonds. The average molecular weight is 208 g/mol. The van der Waals surface area contributed by atoms with E-state index in [1.54, 1.807) is 0 Å². The van der Waals surface area contributed by atoms with Gasteiger partial charge in [0.2, 0.25) is 0 Å². The zero-order valence-electron chi connectivity index (χ0n) is 7.24. The first-order chi connectivity index (χ1) is 6.45. The molecule has 0 atom stereocenters. The number of hydrogen-bond donors (Lipinski definition) is 2. The summed E-state index contributed by atoms with van der Waals surface area (Å²) in [6.45, 7) is 0. The van der Waals surface area contributed by atoms with E-state index < -0.39 is 17.6 Å². The number of alkyl halides is 3. The highest BCUT2D eigenvalue weighted by Gasteiger charge is 2.31. The van der Waals surface area contributed by atoms with Crippen molar-refractivity contribution in [2.24, 2.45) is 0 Å². The predicted octanol–water partition coefficient (Wildman–Crippen LogP) is 2.39. The van der Waals surface area contributed by atoms with Crippen molar-refractivity contribution >= 4 is 5.69 Å². The molecule has 6 heteroatoms. The molecule has 0 spiro atoms. The van der Waals surface area contributed by atoms with E-state index in [2.05, 4.69) is 10.9 Å². The largest absolute Gasteiger partial charge is 0.416 e. The minimum atomic E-state index is -4.46. The van der Waals surface area contributed by atoms with Gasteiger partial charge in [0, 0.05) is 7.05 Å². The fourth-order valence-electron chi connectivity index (χ4n) is 0.932. The molecule has 78 valence electrons. The Morgan fingerprint density at radius 1 is 1.21 bits per heavy atom. The molecule has 0 saturated carbocycles. The Hall–Kier alpha value is -1.30. The molecule has 14 heavy (non-hydrogen) atoms. The van der Waals surface area contributed by atoms with Crippen molar-refractivity contribution in [2.75, 3.05) is 12.5 Å². The highest BCUT2D eigenvalue weighted by molar-refractivity contribution is 5.47. The van der Waals surface area contributed by atoms with Gasteiger partial charge < -0.3 is 5.43 Å². The van der Waals surface area contributed by atoms with Crippen LogP contribution >= 0.6 is 0 Å². The van der Waals surface area contributed by atoms with Gasteiger partial charge in [-0.3, -0.25) is 0 Å². The average Bonchev–Trinajstić information content (AvgIpc) is 2.07. The summed E-state index contributed by atoms with van der Waals surface area (Å²) < 4.78 is 49.4. The van der Waals surface area contributed by atoms with Gasteiger partial charge in [0.15, 0.2) is 0 Å². The molecule has 0 heterocycles. The second-order valence-electron chi connectivity index (χ2n) is 2.57. The normalized spacial score (nSPS) is 11.5. The fourth-order valence-corrected chi connectivity index (χ4v) is 0.932. The molecule has 1 aromatic rings. The van der Waals surface area contributed by atoms with Crippen molar-refractivity contribution in [1.82, 2.24) is 5.43 Å². The highest BCUT2D eigenvalue weighted by atomic mass is 19.4. The quantitative estimate of drug-likeness (QED) is 0.576. The zero-order chi connectivity index (χ0) is 10.8. The topological polar surface area (TPSA) is 24.1 Å². The van der Waals surface area contributed by atoms with Crippen LogP contribution in [0.25, 0.3) is 0 Å². The first kappa shape index (κ1) is 10.8. The number of nitrogens with one attached hydrogen (secondary N) is 2. The van der Waals surface area contributed by atoms with Crippen LogP contribution in [0.2, 0.25) is 0 Å². The van der Waals surface area contributed by atoms with Crippen molar-refractivity contribution in [3.05, 3.63) is 29.6 Å². The minimum absolute atomic E-state index is 0.234. The molecule has 0 aliphatic rings. The van der Waals surface area contributed by atoms with Crippen LogP contribution in [-0.2, 0) is 6.18 Å². The summed E-state index contributed by atoms with van der Waals surface area (Å²) >= 11 is 0. The molecule has 1 aromatic carbocycles. The molecule has 1 rings (SSSR count). The van der Waals surface area contributed by atoms with Crippen LogP contribution in [0.1, 0.15) is 5.56 Å². The third kappa shape index (κ3) is 2.35. The van der Waals surface area contributed by atoms with Crippen molar-refractivity contribution in [2.45, 2.75) is 6.18 Å². The molecular weight excluding hydrogens is 200 g/mol. The van der Waals surface area contributed by atoms with Crippen LogP contribution in [0.3, 0.4) is 0 Å². The standard InChI is InChI=1S/C8H8F4N2/c1-13-14-7-4-5(8(10,11)12)2-3-6(7)9/h2-4,13-14H,1H3. The maximum atomic E-state index is 12.9. The Morgan fingerprint density at radius 3 is 2.36 bits per heavy atom. The lowest BCUT2D eigenvalue weighted by molar-refractivity contribution is -0.137. The van der Waals surface area contributed by atoms with E-state index in [0.29, 0.717) is 12.1 Å². The van der Waals surface area contributed by atoms with Gasteiger partial charge >= 0.3 is 6.18 Å².